The van der Waals surface area contributed by atoms with Gasteiger partial charge in [0.05, 0.1) is 5.69 Å². The molecule has 3 aromatic rings. The third-order valence-corrected chi connectivity index (χ3v) is 5.44. The number of anilines is 1. The number of amides is 1. The van der Waals surface area contributed by atoms with Crippen LogP contribution in [0.3, 0.4) is 0 Å². The van der Waals surface area contributed by atoms with Crippen molar-refractivity contribution in [1.82, 2.24) is 4.98 Å². The summed E-state index contributed by atoms with van der Waals surface area (Å²) in [7, 11) is 0. The van der Waals surface area contributed by atoms with Gasteiger partial charge in [0.25, 0.3) is 0 Å². The Labute approximate surface area is 161 Å². The van der Waals surface area contributed by atoms with Crippen LogP contribution in [0, 0.1) is 0 Å². The van der Waals surface area contributed by atoms with Gasteiger partial charge in [0.15, 0.2) is 5.13 Å². The number of carbonyl (C=O) groups excluding carboxylic acids is 1. The van der Waals surface area contributed by atoms with Gasteiger partial charge >= 0.3 is 6.09 Å². The molecule has 138 valence electrons. The van der Waals surface area contributed by atoms with Crippen LogP contribution in [0.5, 0.6) is 0 Å². The van der Waals surface area contributed by atoms with E-state index in [1.54, 1.807) is 19.2 Å². The van der Waals surface area contributed by atoms with Crippen molar-refractivity contribution in [3.8, 4) is 11.1 Å². The molecule has 1 amide bonds. The van der Waals surface area contributed by atoms with Crippen LogP contribution in [0.15, 0.2) is 53.9 Å². The number of aromatic nitrogens is 1. The van der Waals surface area contributed by atoms with E-state index in [2.05, 4.69) is 34.6 Å². The van der Waals surface area contributed by atoms with Crippen molar-refractivity contribution in [3.05, 3.63) is 70.7 Å². The molecule has 6 heteroatoms. The molecule has 0 bridgehead atoms. The van der Waals surface area contributed by atoms with Crippen molar-refractivity contribution < 1.29 is 14.6 Å². The molecule has 5 nitrogen and oxygen atoms in total. The average molecular weight is 380 g/mol. The number of benzene rings is 2. The van der Waals surface area contributed by atoms with E-state index in [4.69, 9.17) is 4.74 Å². The number of hydrogen-bond donors (Lipinski definition) is 2. The number of rotatable bonds is 4. The topological polar surface area (TPSA) is 71.5 Å². The highest BCUT2D eigenvalue weighted by molar-refractivity contribution is 7.13. The number of ether oxygens (including phenoxy) is 1. The molecule has 1 aliphatic rings. The number of carbonyl (C=O) groups is 1. The standard InChI is InChI=1S/C21H20N2O3S/c1-21(2,25)18-12-27-19(22-18)23-20(24)26-11-17-15-9-5-3-7-13(15)14-8-4-6-10-16(14)17/h3-10,12,17,25H,11H2,1-2H3,(H,22,23,24). The smallest absolute Gasteiger partial charge is 0.413 e. The minimum absolute atomic E-state index is 0.0198. The van der Waals surface area contributed by atoms with Crippen LogP contribution in [-0.2, 0) is 10.3 Å². The fourth-order valence-electron chi connectivity index (χ4n) is 3.33. The van der Waals surface area contributed by atoms with E-state index < -0.39 is 11.7 Å². The maximum Gasteiger partial charge on any atom is 0.413 e. The summed E-state index contributed by atoms with van der Waals surface area (Å²) in [6, 6.07) is 16.4. The van der Waals surface area contributed by atoms with Gasteiger partial charge in [-0.05, 0) is 36.1 Å². The zero-order valence-corrected chi connectivity index (χ0v) is 15.9. The van der Waals surface area contributed by atoms with Crippen LogP contribution < -0.4 is 5.32 Å². The summed E-state index contributed by atoms with van der Waals surface area (Å²) in [6.07, 6.45) is -0.548. The lowest BCUT2D eigenvalue weighted by Gasteiger charge is -2.14. The lowest BCUT2D eigenvalue weighted by Crippen LogP contribution is -2.19. The Morgan fingerprint density at radius 1 is 1.15 bits per heavy atom. The third-order valence-electron chi connectivity index (χ3n) is 4.68. The van der Waals surface area contributed by atoms with Crippen molar-refractivity contribution in [2.45, 2.75) is 25.4 Å². The van der Waals surface area contributed by atoms with Crippen LogP contribution >= 0.6 is 11.3 Å². The first kappa shape index (κ1) is 17.7. The van der Waals surface area contributed by atoms with Crippen LogP contribution in [0.2, 0.25) is 0 Å². The van der Waals surface area contributed by atoms with Gasteiger partial charge in [0.1, 0.15) is 12.2 Å². The number of nitrogens with zero attached hydrogens (tertiary/aromatic N) is 1. The highest BCUT2D eigenvalue weighted by atomic mass is 32.1. The summed E-state index contributed by atoms with van der Waals surface area (Å²) >= 11 is 1.26. The second kappa shape index (κ2) is 6.79. The Kier molecular flexibility index (Phi) is 4.45. The molecule has 0 saturated carbocycles. The predicted molar refractivity (Wildman–Crippen MR) is 106 cm³/mol. The molecule has 1 aromatic heterocycles. The number of fused-ring (bicyclic) bond motifs is 3. The highest BCUT2D eigenvalue weighted by Crippen LogP contribution is 2.44. The summed E-state index contributed by atoms with van der Waals surface area (Å²) in [5.41, 5.74) is 4.20. The van der Waals surface area contributed by atoms with Crippen molar-refractivity contribution in [3.63, 3.8) is 0 Å². The SMILES string of the molecule is CC(C)(O)c1csc(NC(=O)OCC2c3ccccc3-c3ccccc32)n1. The summed E-state index contributed by atoms with van der Waals surface area (Å²) in [6.45, 7) is 3.56. The first-order valence-electron chi connectivity index (χ1n) is 8.74. The number of hydrogen-bond acceptors (Lipinski definition) is 5. The van der Waals surface area contributed by atoms with E-state index in [9.17, 15) is 9.90 Å². The van der Waals surface area contributed by atoms with Gasteiger partial charge in [-0.15, -0.1) is 11.3 Å². The van der Waals surface area contributed by atoms with Gasteiger partial charge in [0, 0.05) is 11.3 Å². The Hall–Kier alpha value is -2.70. The van der Waals surface area contributed by atoms with E-state index in [0.29, 0.717) is 10.8 Å². The molecule has 2 aromatic carbocycles. The molecular formula is C21H20N2O3S. The fourth-order valence-corrected chi connectivity index (χ4v) is 4.19. The summed E-state index contributed by atoms with van der Waals surface area (Å²) in [5, 5.41) is 14.7. The number of aliphatic hydroxyl groups is 1. The van der Waals surface area contributed by atoms with Gasteiger partial charge in [0.2, 0.25) is 0 Å². The van der Waals surface area contributed by atoms with Crippen molar-refractivity contribution in [2.24, 2.45) is 0 Å². The highest BCUT2D eigenvalue weighted by Gasteiger charge is 2.29. The van der Waals surface area contributed by atoms with Gasteiger partial charge in [-0.1, -0.05) is 48.5 Å². The fraction of sp³-hybridized carbons (Fsp3) is 0.238. The Balaban J connectivity index is 1.46. The quantitative estimate of drug-likeness (QED) is 0.686. The second-order valence-electron chi connectivity index (χ2n) is 7.05. The number of nitrogens with one attached hydrogen (secondary N) is 1. The van der Waals surface area contributed by atoms with Crippen molar-refractivity contribution in [2.75, 3.05) is 11.9 Å². The molecule has 0 saturated heterocycles. The van der Waals surface area contributed by atoms with Gasteiger partial charge < -0.3 is 9.84 Å². The first-order valence-corrected chi connectivity index (χ1v) is 9.62. The third kappa shape index (κ3) is 3.46. The Bertz CT molecular complexity index is 945. The van der Waals surface area contributed by atoms with Crippen LogP contribution in [0.1, 0.15) is 36.6 Å². The van der Waals surface area contributed by atoms with Gasteiger partial charge in [-0.2, -0.15) is 0 Å². The van der Waals surface area contributed by atoms with E-state index in [1.807, 2.05) is 24.3 Å². The minimum Gasteiger partial charge on any atom is -0.448 e. The van der Waals surface area contributed by atoms with Gasteiger partial charge in [-0.25, -0.2) is 9.78 Å². The van der Waals surface area contributed by atoms with E-state index in [1.165, 1.54) is 33.6 Å². The molecule has 0 atom stereocenters. The monoisotopic (exact) mass is 380 g/mol. The van der Waals surface area contributed by atoms with Crippen molar-refractivity contribution >= 4 is 22.6 Å². The molecule has 1 heterocycles. The van der Waals surface area contributed by atoms with E-state index >= 15 is 0 Å². The summed E-state index contributed by atoms with van der Waals surface area (Å²) in [5.74, 6) is 0.0198. The zero-order valence-electron chi connectivity index (χ0n) is 15.1. The normalized spacial score (nSPS) is 13.1. The predicted octanol–water partition coefficient (Wildman–Crippen LogP) is 4.73. The second-order valence-corrected chi connectivity index (χ2v) is 7.91. The number of thiazole rings is 1. The molecule has 27 heavy (non-hydrogen) atoms. The van der Waals surface area contributed by atoms with Crippen molar-refractivity contribution in [1.29, 1.82) is 0 Å². The lowest BCUT2D eigenvalue weighted by molar-refractivity contribution is 0.0746. The molecule has 4 rings (SSSR count). The molecule has 0 unspecified atom stereocenters. The maximum atomic E-state index is 12.2. The van der Waals surface area contributed by atoms with Gasteiger partial charge in [-0.3, -0.25) is 5.32 Å². The molecule has 0 radical (unpaired) electrons. The summed E-state index contributed by atoms with van der Waals surface area (Å²) in [4.78, 5) is 16.5. The minimum atomic E-state index is -1.04. The molecule has 2 N–H and O–H groups in total. The molecular weight excluding hydrogens is 360 g/mol. The Morgan fingerprint density at radius 2 is 1.74 bits per heavy atom. The average Bonchev–Trinajstić information content (AvgIpc) is 3.23. The largest absolute Gasteiger partial charge is 0.448 e. The Morgan fingerprint density at radius 3 is 2.30 bits per heavy atom. The lowest BCUT2D eigenvalue weighted by atomic mass is 9.98. The van der Waals surface area contributed by atoms with E-state index in [-0.39, 0.29) is 12.5 Å². The molecule has 0 spiro atoms. The maximum absolute atomic E-state index is 12.2. The summed E-state index contributed by atoms with van der Waals surface area (Å²) < 4.78 is 5.49. The zero-order chi connectivity index (χ0) is 19.0. The first-order chi connectivity index (χ1) is 12.9. The van der Waals surface area contributed by atoms with Crippen LogP contribution in [-0.4, -0.2) is 22.8 Å². The molecule has 1 aliphatic carbocycles. The van der Waals surface area contributed by atoms with Crippen LogP contribution in [0.25, 0.3) is 11.1 Å². The molecule has 0 aliphatic heterocycles. The molecule has 0 fully saturated rings. The van der Waals surface area contributed by atoms with E-state index in [0.717, 1.165) is 0 Å². The van der Waals surface area contributed by atoms with Crippen LogP contribution in [0.4, 0.5) is 9.93 Å².